The Morgan fingerprint density at radius 3 is 2.85 bits per heavy atom. The molecule has 0 aromatic rings. The normalized spacial score (nSPS) is 22.5. The Balaban J connectivity index is 1.93. The lowest BCUT2D eigenvalue weighted by Gasteiger charge is -2.37. The summed E-state index contributed by atoms with van der Waals surface area (Å²) in [6, 6.07) is 0. The van der Waals surface area contributed by atoms with Gasteiger partial charge in [0.25, 0.3) is 5.91 Å². The van der Waals surface area contributed by atoms with Crippen LogP contribution < -0.4 is 0 Å². The summed E-state index contributed by atoms with van der Waals surface area (Å²) < 4.78 is 10.2. The molecule has 0 bridgehead atoms. The van der Waals surface area contributed by atoms with E-state index < -0.39 is 0 Å². The molecular weight excluding hydrogens is 170 g/mol. The van der Waals surface area contributed by atoms with Gasteiger partial charge in [0.05, 0.1) is 0 Å². The Bertz CT molecular complexity index is 243. The number of amides is 1. The lowest BCUT2D eigenvalue weighted by molar-refractivity contribution is -0.138. The third-order valence-electron chi connectivity index (χ3n) is 2.21. The van der Waals surface area contributed by atoms with Gasteiger partial charge in [0.15, 0.2) is 0 Å². The van der Waals surface area contributed by atoms with Crippen LogP contribution in [-0.4, -0.2) is 37.1 Å². The van der Waals surface area contributed by atoms with Crippen LogP contribution in [0.15, 0.2) is 12.0 Å². The molecule has 2 heterocycles. The number of rotatable bonds is 1. The average Bonchev–Trinajstić information content (AvgIpc) is 2.13. The van der Waals surface area contributed by atoms with Gasteiger partial charge in [-0.1, -0.05) is 6.92 Å². The van der Waals surface area contributed by atoms with E-state index in [0.717, 1.165) is 13.1 Å². The van der Waals surface area contributed by atoms with Crippen molar-refractivity contribution in [2.75, 3.05) is 26.3 Å². The van der Waals surface area contributed by atoms with Gasteiger partial charge in [0.1, 0.15) is 19.5 Å². The third kappa shape index (κ3) is 1.61. The maximum atomic E-state index is 11.6. The Hall–Kier alpha value is -1.19. The van der Waals surface area contributed by atoms with Crippen molar-refractivity contribution in [3.05, 3.63) is 12.0 Å². The molecule has 13 heavy (non-hydrogen) atoms. The summed E-state index contributed by atoms with van der Waals surface area (Å²) in [7, 11) is 0. The molecular formula is C9H13NO3. The van der Waals surface area contributed by atoms with Crippen LogP contribution >= 0.6 is 0 Å². The smallest absolute Gasteiger partial charge is 0.292 e. The topological polar surface area (TPSA) is 38.8 Å². The lowest BCUT2D eigenvalue weighted by Crippen LogP contribution is -2.49. The minimum atomic E-state index is -0.0437. The van der Waals surface area contributed by atoms with Gasteiger partial charge in [-0.25, -0.2) is 0 Å². The molecule has 4 heteroatoms. The number of carbonyl (C=O) groups excluding carboxylic acids is 1. The van der Waals surface area contributed by atoms with Crippen molar-refractivity contribution in [3.8, 4) is 0 Å². The molecule has 0 spiro atoms. The predicted molar refractivity (Wildman–Crippen MR) is 45.7 cm³/mol. The molecule has 1 saturated heterocycles. The summed E-state index contributed by atoms with van der Waals surface area (Å²) in [6.07, 6.45) is 1.41. The number of ether oxygens (including phenoxy) is 2. The van der Waals surface area contributed by atoms with E-state index in [1.807, 2.05) is 0 Å². The van der Waals surface area contributed by atoms with Gasteiger partial charge in [-0.3, -0.25) is 4.79 Å². The third-order valence-corrected chi connectivity index (χ3v) is 2.21. The largest absolute Gasteiger partial charge is 0.494 e. The Morgan fingerprint density at radius 1 is 1.54 bits per heavy atom. The maximum Gasteiger partial charge on any atom is 0.292 e. The molecule has 0 aliphatic carbocycles. The molecule has 72 valence electrons. The van der Waals surface area contributed by atoms with Crippen molar-refractivity contribution >= 4 is 5.91 Å². The van der Waals surface area contributed by atoms with Crippen LogP contribution in [-0.2, 0) is 14.3 Å². The van der Waals surface area contributed by atoms with E-state index in [0.29, 0.717) is 24.9 Å². The van der Waals surface area contributed by atoms with Crippen LogP contribution in [0.25, 0.3) is 0 Å². The zero-order chi connectivity index (χ0) is 9.26. The van der Waals surface area contributed by atoms with E-state index in [1.165, 1.54) is 6.26 Å². The number of hydrogen-bond donors (Lipinski definition) is 0. The van der Waals surface area contributed by atoms with Crippen LogP contribution in [0, 0.1) is 5.92 Å². The molecule has 1 amide bonds. The molecule has 2 aliphatic heterocycles. The van der Waals surface area contributed by atoms with E-state index >= 15 is 0 Å². The Morgan fingerprint density at radius 2 is 2.31 bits per heavy atom. The second-order valence-electron chi connectivity index (χ2n) is 3.52. The lowest BCUT2D eigenvalue weighted by atomic mass is 10.0. The molecule has 0 radical (unpaired) electrons. The SMILES string of the molecule is CC1CN(C(=O)C2=COCCO2)C1. The van der Waals surface area contributed by atoms with Crippen LogP contribution in [0.2, 0.25) is 0 Å². The van der Waals surface area contributed by atoms with Crippen molar-refractivity contribution in [1.82, 2.24) is 4.90 Å². The molecule has 0 N–H and O–H groups in total. The van der Waals surface area contributed by atoms with E-state index in [1.54, 1.807) is 4.90 Å². The van der Waals surface area contributed by atoms with Crippen molar-refractivity contribution < 1.29 is 14.3 Å². The Labute approximate surface area is 77.1 Å². The van der Waals surface area contributed by atoms with Gasteiger partial charge < -0.3 is 14.4 Å². The standard InChI is InChI=1S/C9H13NO3/c1-7-4-10(5-7)9(11)8-6-12-2-3-13-8/h6-7H,2-5H2,1H3. The van der Waals surface area contributed by atoms with E-state index in [2.05, 4.69) is 6.92 Å². The molecule has 0 aromatic carbocycles. The second kappa shape index (κ2) is 3.28. The second-order valence-corrected chi connectivity index (χ2v) is 3.52. The Kier molecular flexibility index (Phi) is 2.12. The van der Waals surface area contributed by atoms with Gasteiger partial charge in [0, 0.05) is 13.1 Å². The van der Waals surface area contributed by atoms with Crippen molar-refractivity contribution in [1.29, 1.82) is 0 Å². The van der Waals surface area contributed by atoms with Crippen LogP contribution in [0.3, 0.4) is 0 Å². The van der Waals surface area contributed by atoms with Gasteiger partial charge >= 0.3 is 0 Å². The van der Waals surface area contributed by atoms with E-state index in [-0.39, 0.29) is 5.91 Å². The van der Waals surface area contributed by atoms with E-state index in [9.17, 15) is 4.79 Å². The summed E-state index contributed by atoms with van der Waals surface area (Å²) in [5.74, 6) is 0.921. The van der Waals surface area contributed by atoms with Crippen LogP contribution in [0.5, 0.6) is 0 Å². The first-order valence-corrected chi connectivity index (χ1v) is 4.51. The van der Waals surface area contributed by atoms with Crippen molar-refractivity contribution in [2.24, 2.45) is 5.92 Å². The number of nitrogens with zero attached hydrogens (tertiary/aromatic N) is 1. The molecule has 0 saturated carbocycles. The minimum Gasteiger partial charge on any atom is -0.494 e. The number of hydrogen-bond acceptors (Lipinski definition) is 3. The minimum absolute atomic E-state index is 0.0437. The van der Waals surface area contributed by atoms with E-state index in [4.69, 9.17) is 9.47 Å². The highest BCUT2D eigenvalue weighted by Gasteiger charge is 2.30. The summed E-state index contributed by atoms with van der Waals surface area (Å²) >= 11 is 0. The molecule has 0 unspecified atom stereocenters. The average molecular weight is 183 g/mol. The van der Waals surface area contributed by atoms with Gasteiger partial charge in [-0.2, -0.15) is 0 Å². The molecule has 2 rings (SSSR count). The highest BCUT2D eigenvalue weighted by atomic mass is 16.6. The summed E-state index contributed by atoms with van der Waals surface area (Å²) in [6.45, 7) is 4.80. The van der Waals surface area contributed by atoms with Crippen molar-refractivity contribution in [2.45, 2.75) is 6.92 Å². The monoisotopic (exact) mass is 183 g/mol. The quantitative estimate of drug-likeness (QED) is 0.589. The van der Waals surface area contributed by atoms with Crippen molar-refractivity contribution in [3.63, 3.8) is 0 Å². The first kappa shape index (κ1) is 8.41. The predicted octanol–water partition coefficient (Wildman–Crippen LogP) is 0.353. The first-order valence-electron chi connectivity index (χ1n) is 4.51. The highest BCUT2D eigenvalue weighted by molar-refractivity contribution is 5.91. The molecule has 4 nitrogen and oxygen atoms in total. The molecule has 1 fully saturated rings. The van der Waals surface area contributed by atoms with Crippen LogP contribution in [0.1, 0.15) is 6.92 Å². The van der Waals surface area contributed by atoms with Gasteiger partial charge in [-0.05, 0) is 5.92 Å². The van der Waals surface area contributed by atoms with Gasteiger partial charge in [0.2, 0.25) is 5.76 Å². The fourth-order valence-corrected chi connectivity index (χ4v) is 1.50. The number of likely N-dealkylation sites (tertiary alicyclic amines) is 1. The summed E-state index contributed by atoms with van der Waals surface area (Å²) in [5, 5.41) is 0. The fourth-order valence-electron chi connectivity index (χ4n) is 1.50. The zero-order valence-electron chi connectivity index (χ0n) is 7.66. The first-order chi connectivity index (χ1) is 6.27. The highest BCUT2D eigenvalue weighted by Crippen LogP contribution is 2.18. The summed E-state index contributed by atoms with van der Waals surface area (Å²) in [4.78, 5) is 13.3. The molecule has 2 aliphatic rings. The molecule has 0 aromatic heterocycles. The molecule has 0 atom stereocenters. The van der Waals surface area contributed by atoms with Gasteiger partial charge in [-0.15, -0.1) is 0 Å². The fraction of sp³-hybridized carbons (Fsp3) is 0.667. The zero-order valence-corrected chi connectivity index (χ0v) is 7.66. The number of carbonyl (C=O) groups is 1. The maximum absolute atomic E-state index is 11.6. The summed E-state index contributed by atoms with van der Waals surface area (Å²) in [5.41, 5.74) is 0. The van der Waals surface area contributed by atoms with Crippen LogP contribution in [0.4, 0.5) is 0 Å².